The zero-order valence-electron chi connectivity index (χ0n) is 10.3. The van der Waals surface area contributed by atoms with Crippen LogP contribution in [0.4, 0.5) is 5.69 Å². The molecule has 19 heavy (non-hydrogen) atoms. The maximum absolute atomic E-state index is 11.0. The maximum Gasteiger partial charge on any atom is 0.354 e. The van der Waals surface area contributed by atoms with Crippen molar-refractivity contribution in [2.24, 2.45) is 0 Å². The molecule has 1 aliphatic carbocycles. The van der Waals surface area contributed by atoms with Gasteiger partial charge in [-0.2, -0.15) is 11.3 Å². The summed E-state index contributed by atoms with van der Waals surface area (Å²) in [6.07, 6.45) is 3.92. The zero-order chi connectivity index (χ0) is 13.2. The molecule has 0 unspecified atom stereocenters. The molecule has 0 saturated heterocycles. The average Bonchev–Trinajstić information content (AvgIpc) is 3.13. The lowest BCUT2D eigenvalue weighted by Gasteiger charge is -2.24. The summed E-state index contributed by atoms with van der Waals surface area (Å²) >= 11 is 1.68. The Kier molecular flexibility index (Phi) is 3.21. The van der Waals surface area contributed by atoms with Gasteiger partial charge in [0.05, 0.1) is 0 Å². The Balaban J connectivity index is 1.87. The first-order valence-corrected chi connectivity index (χ1v) is 7.15. The fourth-order valence-electron chi connectivity index (χ4n) is 2.11. The number of thiophene rings is 1. The minimum atomic E-state index is -0.979. The van der Waals surface area contributed by atoms with Crippen LogP contribution in [-0.4, -0.2) is 22.1 Å². The van der Waals surface area contributed by atoms with E-state index in [2.05, 4.69) is 26.7 Å². The van der Waals surface area contributed by atoms with Crippen LogP contribution in [0.2, 0.25) is 0 Å². The second-order valence-corrected chi connectivity index (χ2v) is 5.48. The largest absolute Gasteiger partial charge is 0.477 e. The molecule has 0 spiro atoms. The molecular weight excluding hydrogens is 260 g/mol. The molecule has 1 saturated carbocycles. The van der Waals surface area contributed by atoms with Crippen LogP contribution in [0.15, 0.2) is 35.2 Å². The van der Waals surface area contributed by atoms with Gasteiger partial charge in [0.25, 0.3) is 0 Å². The molecule has 3 rings (SSSR count). The van der Waals surface area contributed by atoms with E-state index in [0.29, 0.717) is 6.04 Å². The molecule has 1 aliphatic rings. The van der Waals surface area contributed by atoms with Gasteiger partial charge in [-0.3, -0.25) is 0 Å². The summed E-state index contributed by atoms with van der Waals surface area (Å²) in [5.41, 5.74) is 2.32. The quantitative estimate of drug-likeness (QED) is 0.910. The predicted molar refractivity (Wildman–Crippen MR) is 74.7 cm³/mol. The third kappa shape index (κ3) is 2.76. The van der Waals surface area contributed by atoms with Gasteiger partial charge in [-0.15, -0.1) is 0 Å². The lowest BCUT2D eigenvalue weighted by Crippen LogP contribution is -2.25. The Morgan fingerprint density at radius 3 is 2.95 bits per heavy atom. The van der Waals surface area contributed by atoms with Crippen molar-refractivity contribution in [3.63, 3.8) is 0 Å². The fraction of sp³-hybridized carbons (Fsp3) is 0.286. The number of aromatic nitrogens is 1. The van der Waals surface area contributed by atoms with Crippen molar-refractivity contribution < 1.29 is 9.90 Å². The fourth-order valence-corrected chi connectivity index (χ4v) is 2.77. The Bertz CT molecular complexity index is 579. The molecule has 1 fully saturated rings. The van der Waals surface area contributed by atoms with Crippen LogP contribution in [0.5, 0.6) is 0 Å². The van der Waals surface area contributed by atoms with Crippen molar-refractivity contribution in [1.82, 2.24) is 4.98 Å². The van der Waals surface area contributed by atoms with Crippen molar-refractivity contribution in [2.75, 3.05) is 4.90 Å². The van der Waals surface area contributed by atoms with Gasteiger partial charge >= 0.3 is 5.97 Å². The molecule has 0 bridgehead atoms. The van der Waals surface area contributed by atoms with Gasteiger partial charge in [-0.25, -0.2) is 9.78 Å². The molecule has 2 aromatic rings. The van der Waals surface area contributed by atoms with Gasteiger partial charge in [0, 0.05) is 24.5 Å². The van der Waals surface area contributed by atoms with Gasteiger partial charge in [0.15, 0.2) is 0 Å². The molecule has 4 nitrogen and oxygen atoms in total. The van der Waals surface area contributed by atoms with Gasteiger partial charge in [-0.1, -0.05) is 0 Å². The Morgan fingerprint density at radius 2 is 2.32 bits per heavy atom. The van der Waals surface area contributed by atoms with Crippen LogP contribution < -0.4 is 4.90 Å². The third-order valence-electron chi connectivity index (χ3n) is 3.21. The van der Waals surface area contributed by atoms with Crippen LogP contribution >= 0.6 is 11.3 Å². The normalized spacial score (nSPS) is 14.3. The molecule has 0 radical (unpaired) electrons. The highest BCUT2D eigenvalue weighted by molar-refractivity contribution is 7.07. The maximum atomic E-state index is 11.0. The molecule has 0 amide bonds. The van der Waals surface area contributed by atoms with Crippen LogP contribution in [-0.2, 0) is 6.54 Å². The van der Waals surface area contributed by atoms with Crippen LogP contribution in [0.3, 0.4) is 0 Å². The highest BCUT2D eigenvalue weighted by atomic mass is 32.1. The molecule has 0 atom stereocenters. The summed E-state index contributed by atoms with van der Waals surface area (Å²) in [6.45, 7) is 0.831. The SMILES string of the molecule is O=C(O)c1cc(N(Cc2ccsc2)C2CC2)ccn1. The first-order valence-electron chi connectivity index (χ1n) is 6.21. The number of anilines is 1. The first-order chi connectivity index (χ1) is 9.24. The van der Waals surface area contributed by atoms with Gasteiger partial charge in [-0.05, 0) is 47.4 Å². The number of hydrogen-bond donors (Lipinski definition) is 1. The van der Waals surface area contributed by atoms with Crippen LogP contribution in [0.1, 0.15) is 28.9 Å². The number of carboxylic acids is 1. The molecule has 0 aromatic carbocycles. The van der Waals surface area contributed by atoms with Crippen LogP contribution in [0.25, 0.3) is 0 Å². The van der Waals surface area contributed by atoms with E-state index in [9.17, 15) is 4.79 Å². The van der Waals surface area contributed by atoms with Crippen molar-refractivity contribution in [3.05, 3.63) is 46.4 Å². The second-order valence-electron chi connectivity index (χ2n) is 4.70. The number of hydrogen-bond acceptors (Lipinski definition) is 4. The van der Waals surface area contributed by atoms with E-state index in [-0.39, 0.29) is 5.69 Å². The highest BCUT2D eigenvalue weighted by Crippen LogP contribution is 2.33. The monoisotopic (exact) mass is 274 g/mol. The zero-order valence-corrected chi connectivity index (χ0v) is 11.1. The topological polar surface area (TPSA) is 53.4 Å². The van der Waals surface area contributed by atoms with Crippen molar-refractivity contribution >= 4 is 23.0 Å². The summed E-state index contributed by atoms with van der Waals surface area (Å²) in [6, 6.07) is 6.19. The molecule has 2 aromatic heterocycles. The molecule has 0 aliphatic heterocycles. The number of aromatic carboxylic acids is 1. The lowest BCUT2D eigenvalue weighted by atomic mass is 10.2. The Hall–Kier alpha value is -1.88. The minimum absolute atomic E-state index is 0.105. The van der Waals surface area contributed by atoms with Gasteiger partial charge in [0.2, 0.25) is 0 Å². The van der Waals surface area contributed by atoms with E-state index in [0.717, 1.165) is 12.2 Å². The summed E-state index contributed by atoms with van der Waals surface area (Å²) in [5.74, 6) is -0.979. The van der Waals surface area contributed by atoms with E-state index < -0.39 is 5.97 Å². The number of pyridine rings is 1. The van der Waals surface area contributed by atoms with Gasteiger partial charge < -0.3 is 10.0 Å². The van der Waals surface area contributed by atoms with E-state index in [1.807, 2.05) is 6.07 Å². The standard InChI is InChI=1S/C14H14N2O2S/c17-14(18)13-7-12(3-5-15-13)16(11-1-2-11)8-10-4-6-19-9-10/h3-7,9,11H,1-2,8H2,(H,17,18). The summed E-state index contributed by atoms with van der Waals surface area (Å²) < 4.78 is 0. The van der Waals surface area contributed by atoms with E-state index in [1.165, 1.54) is 18.4 Å². The second kappa shape index (κ2) is 5.01. The van der Waals surface area contributed by atoms with Crippen LogP contribution in [0, 0.1) is 0 Å². The number of rotatable bonds is 5. The predicted octanol–water partition coefficient (Wildman–Crippen LogP) is 3.01. The smallest absolute Gasteiger partial charge is 0.354 e. The number of carboxylic acid groups (broad SMARTS) is 1. The van der Waals surface area contributed by atoms with Crippen molar-refractivity contribution in [3.8, 4) is 0 Å². The molecular formula is C14H14N2O2S. The minimum Gasteiger partial charge on any atom is -0.477 e. The van der Waals surface area contributed by atoms with Gasteiger partial charge in [0.1, 0.15) is 5.69 Å². The molecule has 5 heteroatoms. The van der Waals surface area contributed by atoms with E-state index in [1.54, 1.807) is 23.6 Å². The Labute approximate surface area is 115 Å². The highest BCUT2D eigenvalue weighted by Gasteiger charge is 2.29. The molecule has 1 N–H and O–H groups in total. The lowest BCUT2D eigenvalue weighted by molar-refractivity contribution is 0.0690. The third-order valence-corrected chi connectivity index (χ3v) is 3.95. The Morgan fingerprint density at radius 1 is 1.47 bits per heavy atom. The molecule has 2 heterocycles. The van der Waals surface area contributed by atoms with E-state index in [4.69, 9.17) is 5.11 Å². The summed E-state index contributed by atoms with van der Waals surface area (Å²) in [7, 11) is 0. The van der Waals surface area contributed by atoms with Crippen molar-refractivity contribution in [1.29, 1.82) is 0 Å². The summed E-state index contributed by atoms with van der Waals surface area (Å²) in [5, 5.41) is 13.2. The van der Waals surface area contributed by atoms with E-state index >= 15 is 0 Å². The number of nitrogens with zero attached hydrogens (tertiary/aromatic N) is 2. The molecule has 98 valence electrons. The number of carbonyl (C=O) groups is 1. The summed E-state index contributed by atoms with van der Waals surface area (Å²) in [4.78, 5) is 17.1. The first kappa shape index (κ1) is 12.2. The average molecular weight is 274 g/mol. The van der Waals surface area contributed by atoms with Crippen molar-refractivity contribution in [2.45, 2.75) is 25.4 Å².